The number of anilines is 1. The summed E-state index contributed by atoms with van der Waals surface area (Å²) in [6.45, 7) is 4.05. The molecule has 2 saturated heterocycles. The molecule has 0 aromatic carbocycles. The van der Waals surface area contributed by atoms with E-state index in [2.05, 4.69) is 27.3 Å². The van der Waals surface area contributed by atoms with Gasteiger partial charge in [0.25, 0.3) is 0 Å². The van der Waals surface area contributed by atoms with Crippen molar-refractivity contribution in [2.45, 2.75) is 62.4 Å². The summed E-state index contributed by atoms with van der Waals surface area (Å²) in [7, 11) is -3.60. The molecule has 4 aromatic heterocycles. The molecular formula is C24H27N7O2S2. The zero-order valence-corrected chi connectivity index (χ0v) is 21.4. The van der Waals surface area contributed by atoms with Gasteiger partial charge in [0, 0.05) is 46.5 Å². The summed E-state index contributed by atoms with van der Waals surface area (Å²) in [6, 6.07) is 4.70. The van der Waals surface area contributed by atoms with Crippen molar-refractivity contribution in [2.24, 2.45) is 0 Å². The van der Waals surface area contributed by atoms with E-state index in [0.29, 0.717) is 23.4 Å². The molecule has 2 aliphatic heterocycles. The summed E-state index contributed by atoms with van der Waals surface area (Å²) in [4.78, 5) is 15.4. The molecule has 35 heavy (non-hydrogen) atoms. The van der Waals surface area contributed by atoms with E-state index in [1.165, 1.54) is 15.6 Å². The minimum absolute atomic E-state index is 0.0328. The molecule has 9 nitrogen and oxygen atoms in total. The van der Waals surface area contributed by atoms with Crippen molar-refractivity contribution < 1.29 is 8.42 Å². The molecule has 2 atom stereocenters. The van der Waals surface area contributed by atoms with E-state index in [-0.39, 0.29) is 16.6 Å². The maximum atomic E-state index is 12.8. The van der Waals surface area contributed by atoms with Crippen LogP contribution < -0.4 is 11.1 Å². The van der Waals surface area contributed by atoms with Gasteiger partial charge >= 0.3 is 0 Å². The summed E-state index contributed by atoms with van der Waals surface area (Å²) in [6.07, 6.45) is 8.59. The van der Waals surface area contributed by atoms with E-state index in [4.69, 9.17) is 10.7 Å². The number of aromatic nitrogens is 5. The van der Waals surface area contributed by atoms with E-state index in [1.54, 1.807) is 23.7 Å². The third kappa shape index (κ3) is 3.82. The van der Waals surface area contributed by atoms with Crippen molar-refractivity contribution in [2.75, 3.05) is 12.0 Å². The molecule has 4 aromatic rings. The standard InChI is InChI=1S/C24H27N7O2S2/c1-12-13(2)34-24(28-12)19-7-4-14(10-26-19)18-11-27-31-22(25)21(35(3,32)33)20(30-23(18)31)15-8-16-5-6-17(9-15)29-16/h4,7,10-11,15-17,29H,5-6,8-9,25H2,1-3H3. The Morgan fingerprint density at radius 3 is 2.46 bits per heavy atom. The Hall–Kier alpha value is -2.89. The highest BCUT2D eigenvalue weighted by atomic mass is 32.2. The number of pyridine rings is 1. The number of hydrogen-bond donors (Lipinski definition) is 2. The Labute approximate surface area is 207 Å². The van der Waals surface area contributed by atoms with Gasteiger partial charge in [-0.2, -0.15) is 9.61 Å². The van der Waals surface area contributed by atoms with Crippen molar-refractivity contribution in [3.63, 3.8) is 0 Å². The number of sulfone groups is 1. The molecule has 0 aliphatic carbocycles. The number of nitrogen functional groups attached to an aromatic ring is 1. The molecule has 2 bridgehead atoms. The van der Waals surface area contributed by atoms with Crippen LogP contribution in [0.5, 0.6) is 0 Å². The molecule has 2 aliphatic rings. The number of rotatable bonds is 4. The molecule has 6 rings (SSSR count). The van der Waals surface area contributed by atoms with Gasteiger partial charge in [0.1, 0.15) is 15.7 Å². The van der Waals surface area contributed by atoms with Crippen LogP contribution in [0.25, 0.3) is 27.5 Å². The van der Waals surface area contributed by atoms with Crippen molar-refractivity contribution >= 4 is 32.6 Å². The maximum absolute atomic E-state index is 12.8. The van der Waals surface area contributed by atoms with Gasteiger partial charge in [-0.15, -0.1) is 11.3 Å². The lowest BCUT2D eigenvalue weighted by Crippen LogP contribution is -2.38. The quantitative estimate of drug-likeness (QED) is 0.428. The van der Waals surface area contributed by atoms with Crippen molar-refractivity contribution in [1.82, 2.24) is 29.9 Å². The Morgan fingerprint density at radius 1 is 1.11 bits per heavy atom. The van der Waals surface area contributed by atoms with Crippen LogP contribution in [0.3, 0.4) is 0 Å². The lowest BCUT2D eigenvalue weighted by molar-refractivity contribution is 0.355. The second-order valence-electron chi connectivity index (χ2n) is 9.68. The normalized spacial score (nSPS) is 22.2. The zero-order valence-electron chi connectivity index (χ0n) is 19.8. The number of aryl methyl sites for hydroxylation is 2. The molecule has 6 heterocycles. The monoisotopic (exact) mass is 509 g/mol. The largest absolute Gasteiger partial charge is 0.382 e. The number of nitrogens with one attached hydrogen (secondary N) is 1. The van der Waals surface area contributed by atoms with Crippen LogP contribution >= 0.6 is 11.3 Å². The van der Waals surface area contributed by atoms with Crippen molar-refractivity contribution in [3.05, 3.63) is 40.8 Å². The van der Waals surface area contributed by atoms with Crippen molar-refractivity contribution in [3.8, 4) is 21.8 Å². The molecule has 0 spiro atoms. The second kappa shape index (κ2) is 8.07. The SMILES string of the molecule is Cc1nc(-c2ccc(-c3cnn4c(N)c(S(C)(=O)=O)c(C5CC6CCC(C5)N6)nc34)cn2)sc1C. The second-order valence-corrected chi connectivity index (χ2v) is 12.8. The molecular weight excluding hydrogens is 482 g/mol. The first-order chi connectivity index (χ1) is 16.7. The summed E-state index contributed by atoms with van der Waals surface area (Å²) in [5.41, 5.74) is 11.0. The Bertz CT molecular complexity index is 1530. The molecule has 2 fully saturated rings. The molecule has 0 saturated carbocycles. The third-order valence-electron chi connectivity index (χ3n) is 7.22. The number of nitrogens with two attached hydrogens (primary N) is 1. The lowest BCUT2D eigenvalue weighted by atomic mass is 9.89. The molecule has 0 radical (unpaired) electrons. The molecule has 3 N–H and O–H groups in total. The average molecular weight is 510 g/mol. The first kappa shape index (κ1) is 22.6. The van der Waals surface area contributed by atoms with Gasteiger partial charge in [0.15, 0.2) is 15.5 Å². The lowest BCUT2D eigenvalue weighted by Gasteiger charge is -2.30. The minimum atomic E-state index is -3.60. The molecule has 0 amide bonds. The molecule has 182 valence electrons. The summed E-state index contributed by atoms with van der Waals surface area (Å²) < 4.78 is 27.1. The fourth-order valence-electron chi connectivity index (χ4n) is 5.42. The van der Waals surface area contributed by atoms with Crippen LogP contribution in [0.15, 0.2) is 29.4 Å². The zero-order chi connectivity index (χ0) is 24.5. The van der Waals surface area contributed by atoms with Gasteiger partial charge in [0.2, 0.25) is 0 Å². The van der Waals surface area contributed by atoms with E-state index < -0.39 is 9.84 Å². The van der Waals surface area contributed by atoms with E-state index in [9.17, 15) is 8.42 Å². The Kier molecular flexibility index (Phi) is 5.20. The van der Waals surface area contributed by atoms with E-state index in [1.807, 2.05) is 19.1 Å². The Morgan fingerprint density at radius 2 is 1.86 bits per heavy atom. The molecule has 2 unspecified atom stereocenters. The summed E-state index contributed by atoms with van der Waals surface area (Å²) in [5, 5.41) is 8.91. The van der Waals surface area contributed by atoms with Crippen LogP contribution in [0.4, 0.5) is 5.82 Å². The van der Waals surface area contributed by atoms with Gasteiger partial charge in [-0.05, 0) is 45.6 Å². The van der Waals surface area contributed by atoms with Crippen LogP contribution in [0, 0.1) is 13.8 Å². The third-order valence-corrected chi connectivity index (χ3v) is 9.47. The average Bonchev–Trinajstić information content (AvgIpc) is 3.49. The fraction of sp³-hybridized carbons (Fsp3) is 0.417. The van der Waals surface area contributed by atoms with Crippen molar-refractivity contribution in [1.29, 1.82) is 0 Å². The smallest absolute Gasteiger partial charge is 0.180 e. The minimum Gasteiger partial charge on any atom is -0.382 e. The van der Waals surface area contributed by atoms with Gasteiger partial charge in [-0.1, -0.05) is 6.07 Å². The summed E-state index contributed by atoms with van der Waals surface area (Å²) in [5.74, 6) is 0.147. The topological polar surface area (TPSA) is 128 Å². The number of fused-ring (bicyclic) bond motifs is 3. The van der Waals surface area contributed by atoms with Crippen LogP contribution in [0.1, 0.15) is 47.9 Å². The number of thiazole rings is 1. The van der Waals surface area contributed by atoms with E-state index in [0.717, 1.165) is 53.2 Å². The van der Waals surface area contributed by atoms with Gasteiger partial charge in [-0.3, -0.25) is 4.98 Å². The van der Waals surface area contributed by atoms with E-state index >= 15 is 0 Å². The number of nitrogens with zero attached hydrogens (tertiary/aromatic N) is 5. The first-order valence-corrected chi connectivity index (χ1v) is 14.4. The van der Waals surface area contributed by atoms with Crippen LogP contribution in [-0.4, -0.2) is 51.3 Å². The summed E-state index contributed by atoms with van der Waals surface area (Å²) >= 11 is 1.62. The number of hydrogen-bond acceptors (Lipinski definition) is 9. The highest BCUT2D eigenvalue weighted by Gasteiger charge is 2.38. The van der Waals surface area contributed by atoms with Crippen LogP contribution in [0.2, 0.25) is 0 Å². The number of piperidine rings is 1. The molecule has 11 heteroatoms. The fourth-order valence-corrected chi connectivity index (χ4v) is 7.37. The Balaban J connectivity index is 1.46. The van der Waals surface area contributed by atoms with Gasteiger partial charge < -0.3 is 11.1 Å². The van der Waals surface area contributed by atoms with Crippen LogP contribution in [-0.2, 0) is 9.84 Å². The predicted molar refractivity (Wildman–Crippen MR) is 136 cm³/mol. The highest BCUT2D eigenvalue weighted by Crippen LogP contribution is 2.41. The first-order valence-electron chi connectivity index (χ1n) is 11.7. The maximum Gasteiger partial charge on any atom is 0.180 e. The highest BCUT2D eigenvalue weighted by molar-refractivity contribution is 7.91. The predicted octanol–water partition coefficient (Wildman–Crippen LogP) is 3.52. The van der Waals surface area contributed by atoms with Gasteiger partial charge in [0.05, 0.1) is 23.3 Å². The van der Waals surface area contributed by atoms with Gasteiger partial charge in [-0.25, -0.2) is 18.4 Å².